The second kappa shape index (κ2) is 9.99. The van der Waals surface area contributed by atoms with Crippen LogP contribution in [-0.4, -0.2) is 66.6 Å². The van der Waals surface area contributed by atoms with Crippen LogP contribution in [0.15, 0.2) is 41.8 Å². The third kappa shape index (κ3) is 5.01. The molecule has 6 rings (SSSR count). The second-order valence-corrected chi connectivity index (χ2v) is 11.5. The molecule has 0 aliphatic carbocycles. The largest absolute Gasteiger partial charge is 0.454 e. The van der Waals surface area contributed by atoms with E-state index in [1.165, 1.54) is 18.6 Å². The fourth-order valence-electron chi connectivity index (χ4n) is 6.18. The van der Waals surface area contributed by atoms with Crippen molar-refractivity contribution >= 4 is 28.9 Å². The highest BCUT2D eigenvalue weighted by Gasteiger charge is 2.51. The fraction of sp³-hybridized carbons (Fsp3) is 0.556. The molecular formula is C27H35FN3O3S+. The van der Waals surface area contributed by atoms with Gasteiger partial charge in [-0.3, -0.25) is 9.69 Å². The third-order valence-corrected chi connectivity index (χ3v) is 9.35. The van der Waals surface area contributed by atoms with E-state index in [2.05, 4.69) is 10.2 Å². The average molecular weight is 501 g/mol. The lowest BCUT2D eigenvalue weighted by Gasteiger charge is -2.52. The van der Waals surface area contributed by atoms with E-state index in [0.717, 1.165) is 56.7 Å². The molecule has 35 heavy (non-hydrogen) atoms. The third-order valence-electron chi connectivity index (χ3n) is 8.27. The Morgan fingerprint density at radius 1 is 1.17 bits per heavy atom. The molecule has 1 aromatic carbocycles. The molecule has 2 aromatic rings. The molecule has 4 aliphatic heterocycles. The number of anilines is 1. The molecule has 2 atom stereocenters. The Kier molecular flexibility index (Phi) is 6.97. The first-order chi connectivity index (χ1) is 16.9. The first-order valence-corrected chi connectivity index (χ1v) is 13.7. The highest BCUT2D eigenvalue weighted by atomic mass is 32.1. The molecule has 188 valence electrons. The van der Waals surface area contributed by atoms with Crippen molar-refractivity contribution in [1.29, 1.82) is 0 Å². The van der Waals surface area contributed by atoms with Crippen molar-refractivity contribution in [2.24, 2.45) is 5.92 Å². The van der Waals surface area contributed by atoms with Crippen molar-refractivity contribution in [1.82, 2.24) is 4.90 Å². The van der Waals surface area contributed by atoms with Crippen molar-refractivity contribution < 1.29 is 23.2 Å². The van der Waals surface area contributed by atoms with Gasteiger partial charge in [-0.25, -0.2) is 9.18 Å². The number of thiophene rings is 1. The van der Waals surface area contributed by atoms with Gasteiger partial charge in [0.15, 0.2) is 18.2 Å². The molecule has 4 saturated heterocycles. The first kappa shape index (κ1) is 24.4. The number of hydrogen-bond donors (Lipinski definition) is 1. The van der Waals surface area contributed by atoms with Crippen LogP contribution < -0.4 is 5.32 Å². The smallest absolute Gasteiger partial charge is 0.332 e. The zero-order valence-electron chi connectivity index (χ0n) is 20.4. The molecule has 1 amide bonds. The van der Waals surface area contributed by atoms with Gasteiger partial charge < -0.3 is 14.5 Å². The van der Waals surface area contributed by atoms with E-state index in [1.807, 2.05) is 24.4 Å². The lowest BCUT2D eigenvalue weighted by Crippen LogP contribution is -2.66. The molecule has 6 nitrogen and oxygen atoms in total. The summed E-state index contributed by atoms with van der Waals surface area (Å²) in [4.78, 5) is 30.0. The summed E-state index contributed by atoms with van der Waals surface area (Å²) >= 11 is 1.61. The van der Waals surface area contributed by atoms with Gasteiger partial charge in [0.05, 0.1) is 13.1 Å². The Hall–Kier alpha value is -2.29. The van der Waals surface area contributed by atoms with Crippen molar-refractivity contribution in [2.75, 3.05) is 44.6 Å². The Balaban J connectivity index is 1.28. The predicted octanol–water partition coefficient (Wildman–Crippen LogP) is 4.38. The summed E-state index contributed by atoms with van der Waals surface area (Å²) in [5.74, 6) is -0.317. The molecule has 4 aliphatic rings. The van der Waals surface area contributed by atoms with E-state index < -0.39 is 5.54 Å². The number of quaternary nitrogens is 1. The summed E-state index contributed by atoms with van der Waals surface area (Å²) in [6.07, 6.45) is 5.11. The molecule has 0 spiro atoms. The molecular weight excluding hydrogens is 465 g/mol. The van der Waals surface area contributed by atoms with Crippen LogP contribution in [0.4, 0.5) is 10.1 Å². The summed E-state index contributed by atoms with van der Waals surface area (Å²) in [5, 5.41) is 4.86. The number of ether oxygens (including phenoxy) is 1. The van der Waals surface area contributed by atoms with Crippen molar-refractivity contribution in [3.8, 4) is 0 Å². The van der Waals surface area contributed by atoms with E-state index in [-0.39, 0.29) is 23.8 Å². The topological polar surface area (TPSA) is 58.6 Å². The van der Waals surface area contributed by atoms with Crippen LogP contribution in [0.1, 0.15) is 43.9 Å². The number of rotatable bonds is 7. The number of esters is 1. The van der Waals surface area contributed by atoms with Crippen LogP contribution in [0, 0.1) is 11.7 Å². The first-order valence-electron chi connectivity index (χ1n) is 12.8. The molecule has 4 fully saturated rings. The Bertz CT molecular complexity index is 1050. The number of piperidine rings is 4. The van der Waals surface area contributed by atoms with Crippen LogP contribution in [-0.2, 0) is 19.9 Å². The van der Waals surface area contributed by atoms with Gasteiger partial charge in [-0.05, 0) is 62.5 Å². The number of fused-ring (bicyclic) bond motifs is 3. The van der Waals surface area contributed by atoms with E-state index in [4.69, 9.17) is 4.74 Å². The van der Waals surface area contributed by atoms with Crippen LogP contribution in [0.2, 0.25) is 0 Å². The maximum Gasteiger partial charge on any atom is 0.332 e. The number of hydrogen-bond acceptors (Lipinski definition) is 5. The predicted molar refractivity (Wildman–Crippen MR) is 134 cm³/mol. The SMILES string of the molecule is CC(C(=O)O[C@@H]1C[N+]2(CC(=O)Nc3cccc(F)c3)CCC1CC2)(c1cccs1)N1CCCCC1. The molecule has 1 N–H and O–H groups in total. The van der Waals surface area contributed by atoms with E-state index in [1.54, 1.807) is 23.5 Å². The van der Waals surface area contributed by atoms with Gasteiger partial charge >= 0.3 is 5.97 Å². The van der Waals surface area contributed by atoms with Gasteiger partial charge in [0.2, 0.25) is 0 Å². The minimum absolute atomic E-state index is 0.127. The summed E-state index contributed by atoms with van der Waals surface area (Å²) < 4.78 is 20.5. The number of carbonyl (C=O) groups is 2. The van der Waals surface area contributed by atoms with Crippen LogP contribution in [0.25, 0.3) is 0 Å². The summed E-state index contributed by atoms with van der Waals surface area (Å²) in [7, 11) is 0. The van der Waals surface area contributed by atoms with Gasteiger partial charge in [0.1, 0.15) is 12.4 Å². The number of halogens is 1. The molecule has 5 heterocycles. The highest BCUT2D eigenvalue weighted by Crippen LogP contribution is 2.39. The van der Waals surface area contributed by atoms with Gasteiger partial charge in [0.25, 0.3) is 5.91 Å². The molecule has 0 radical (unpaired) electrons. The summed E-state index contributed by atoms with van der Waals surface area (Å²) in [5.41, 5.74) is -0.309. The van der Waals surface area contributed by atoms with Crippen molar-refractivity contribution in [3.63, 3.8) is 0 Å². The van der Waals surface area contributed by atoms with Crippen LogP contribution in [0.5, 0.6) is 0 Å². The molecule has 0 saturated carbocycles. The average Bonchev–Trinajstić information content (AvgIpc) is 3.40. The second-order valence-electron chi connectivity index (χ2n) is 10.6. The van der Waals surface area contributed by atoms with Gasteiger partial charge in [-0.15, -0.1) is 11.3 Å². The zero-order valence-corrected chi connectivity index (χ0v) is 21.2. The number of carbonyl (C=O) groups excluding carboxylic acids is 2. The van der Waals surface area contributed by atoms with Gasteiger partial charge in [0, 0.05) is 29.3 Å². The Labute approximate surface area is 210 Å². The quantitative estimate of drug-likeness (QED) is 0.453. The molecule has 2 bridgehead atoms. The van der Waals surface area contributed by atoms with Crippen LogP contribution in [0.3, 0.4) is 0 Å². The number of likely N-dealkylation sites (tertiary alicyclic amines) is 1. The highest BCUT2D eigenvalue weighted by molar-refractivity contribution is 7.10. The van der Waals surface area contributed by atoms with E-state index >= 15 is 0 Å². The Morgan fingerprint density at radius 3 is 2.63 bits per heavy atom. The molecule has 8 heteroatoms. The number of nitrogens with one attached hydrogen (secondary N) is 1. The zero-order chi connectivity index (χ0) is 24.5. The standard InChI is InChI=1S/C27H34FN3O3S/c1-27(24-9-6-16-35-24,30-12-3-2-4-13-30)26(33)34-23-18-31(14-10-20(23)11-15-31)19-25(32)29-22-8-5-7-21(28)17-22/h5-9,16-17,20,23H,2-4,10-15,18-19H2,1H3/p+1/t20?,23-,27?,31?/m1/s1. The Morgan fingerprint density at radius 2 is 1.94 bits per heavy atom. The number of benzene rings is 1. The minimum Gasteiger partial charge on any atom is -0.454 e. The monoisotopic (exact) mass is 500 g/mol. The van der Waals surface area contributed by atoms with Crippen LogP contribution >= 0.6 is 11.3 Å². The molecule has 1 unspecified atom stereocenters. The summed E-state index contributed by atoms with van der Waals surface area (Å²) in [6.45, 7) is 6.60. The van der Waals surface area contributed by atoms with Gasteiger partial charge in [-0.2, -0.15) is 0 Å². The fourth-order valence-corrected chi connectivity index (χ4v) is 7.09. The normalized spacial score (nSPS) is 28.3. The lowest BCUT2D eigenvalue weighted by molar-refractivity contribution is -0.939. The summed E-state index contributed by atoms with van der Waals surface area (Å²) in [6, 6.07) is 10.0. The lowest BCUT2D eigenvalue weighted by atomic mass is 9.83. The number of nitrogens with zero attached hydrogens (tertiary/aromatic N) is 2. The van der Waals surface area contributed by atoms with Crippen molar-refractivity contribution in [2.45, 2.75) is 50.7 Å². The minimum atomic E-state index is -0.778. The van der Waals surface area contributed by atoms with E-state index in [9.17, 15) is 14.0 Å². The number of amides is 1. The maximum atomic E-state index is 13.8. The van der Waals surface area contributed by atoms with E-state index in [0.29, 0.717) is 29.2 Å². The molecule has 1 aromatic heterocycles. The van der Waals surface area contributed by atoms with Gasteiger partial charge in [-0.1, -0.05) is 18.6 Å². The van der Waals surface area contributed by atoms with Crippen molar-refractivity contribution in [3.05, 3.63) is 52.5 Å². The maximum absolute atomic E-state index is 13.8.